The van der Waals surface area contributed by atoms with Gasteiger partial charge in [-0.25, -0.2) is 0 Å². The molecule has 1 heterocycles. The molecule has 7 heteroatoms. The van der Waals surface area contributed by atoms with Crippen molar-refractivity contribution in [3.05, 3.63) is 70.0 Å². The summed E-state index contributed by atoms with van der Waals surface area (Å²) in [4.78, 5) is 14.8. The van der Waals surface area contributed by atoms with Gasteiger partial charge in [-0.15, -0.1) is 0 Å². The predicted molar refractivity (Wildman–Crippen MR) is 123 cm³/mol. The molecule has 158 valence electrons. The fraction of sp³-hybridized carbons (Fsp3) is 0.348. The fourth-order valence-electron chi connectivity index (χ4n) is 3.37. The zero-order valence-electron chi connectivity index (χ0n) is 18.0. The van der Waals surface area contributed by atoms with Gasteiger partial charge in [0.05, 0.1) is 6.04 Å². The molecule has 0 bridgehead atoms. The number of carbonyl (C=O) groups is 1. The van der Waals surface area contributed by atoms with Gasteiger partial charge < -0.3 is 10.2 Å². The van der Waals surface area contributed by atoms with Crippen molar-refractivity contribution in [2.75, 3.05) is 20.6 Å². The predicted octanol–water partition coefficient (Wildman–Crippen LogP) is 3.90. The van der Waals surface area contributed by atoms with Gasteiger partial charge in [0.15, 0.2) is 10.6 Å². The minimum absolute atomic E-state index is 0.0914. The zero-order valence-corrected chi connectivity index (χ0v) is 18.8. The maximum atomic E-state index is 12.7. The van der Waals surface area contributed by atoms with Gasteiger partial charge in [0, 0.05) is 12.1 Å². The van der Waals surface area contributed by atoms with Gasteiger partial charge in [0.25, 0.3) is 0 Å². The normalized spacial score (nSPS) is 12.2. The second-order valence-corrected chi connectivity index (χ2v) is 8.07. The molecular formula is C23H29N5OS. The highest BCUT2D eigenvalue weighted by atomic mass is 32.1. The third-order valence-corrected chi connectivity index (χ3v) is 5.57. The SMILES string of the molecule is CCc1ccc(C(CNC(=O)Cn2c(-c3ccc(C)cc3)n[nH]c2=S)N(C)C)cc1. The number of nitrogens with one attached hydrogen (secondary N) is 2. The van der Waals surface area contributed by atoms with Gasteiger partial charge in [-0.1, -0.05) is 61.0 Å². The van der Waals surface area contributed by atoms with Crippen LogP contribution in [-0.4, -0.2) is 46.2 Å². The summed E-state index contributed by atoms with van der Waals surface area (Å²) in [5, 5.41) is 10.2. The van der Waals surface area contributed by atoms with Crippen molar-refractivity contribution in [2.24, 2.45) is 0 Å². The summed E-state index contributed by atoms with van der Waals surface area (Å²) in [6.07, 6.45) is 1.01. The van der Waals surface area contributed by atoms with Crippen LogP contribution in [0.15, 0.2) is 48.5 Å². The molecule has 0 saturated heterocycles. The average Bonchev–Trinajstić information content (AvgIpc) is 3.09. The summed E-state index contributed by atoms with van der Waals surface area (Å²) in [6.45, 7) is 4.81. The molecule has 2 aromatic carbocycles. The number of aryl methyl sites for hydroxylation is 2. The standard InChI is InChI=1S/C23H29N5OS/c1-5-17-8-12-18(13-9-17)20(27(3)4)14-24-21(29)15-28-22(25-26-23(28)30)19-10-6-16(2)7-11-19/h6-13,20H,5,14-15H2,1-4H3,(H,24,29)(H,26,30). The number of nitrogens with zero attached hydrogens (tertiary/aromatic N) is 3. The minimum atomic E-state index is -0.0992. The molecule has 0 saturated carbocycles. The van der Waals surface area contributed by atoms with Crippen LogP contribution < -0.4 is 5.32 Å². The molecule has 0 aliphatic carbocycles. The number of rotatable bonds is 8. The van der Waals surface area contributed by atoms with E-state index in [-0.39, 0.29) is 18.5 Å². The molecular weight excluding hydrogens is 394 g/mol. The first-order chi connectivity index (χ1) is 14.4. The van der Waals surface area contributed by atoms with Gasteiger partial charge in [-0.2, -0.15) is 5.10 Å². The van der Waals surface area contributed by atoms with E-state index in [2.05, 4.69) is 51.6 Å². The van der Waals surface area contributed by atoms with Crippen LogP contribution in [0.4, 0.5) is 0 Å². The van der Waals surface area contributed by atoms with E-state index in [9.17, 15) is 4.79 Å². The molecule has 1 aromatic heterocycles. The number of H-pyrrole nitrogens is 1. The van der Waals surface area contributed by atoms with Crippen molar-refractivity contribution in [1.29, 1.82) is 0 Å². The molecule has 0 aliphatic heterocycles. The maximum Gasteiger partial charge on any atom is 0.240 e. The van der Waals surface area contributed by atoms with Gasteiger partial charge in [0.1, 0.15) is 6.54 Å². The quantitative estimate of drug-likeness (QED) is 0.540. The molecule has 3 aromatic rings. The average molecular weight is 424 g/mol. The second-order valence-electron chi connectivity index (χ2n) is 7.68. The number of carbonyl (C=O) groups excluding carboxylic acids is 1. The van der Waals surface area contributed by atoms with Crippen molar-refractivity contribution in [2.45, 2.75) is 32.9 Å². The van der Waals surface area contributed by atoms with Gasteiger partial charge >= 0.3 is 0 Å². The Kier molecular flexibility index (Phi) is 7.18. The second kappa shape index (κ2) is 9.82. The summed E-state index contributed by atoms with van der Waals surface area (Å²) < 4.78 is 2.16. The first-order valence-corrected chi connectivity index (χ1v) is 10.5. The van der Waals surface area contributed by atoms with Gasteiger partial charge in [0.2, 0.25) is 5.91 Å². The third kappa shape index (κ3) is 5.23. The lowest BCUT2D eigenvalue weighted by Gasteiger charge is -2.25. The highest BCUT2D eigenvalue weighted by Gasteiger charge is 2.17. The number of aromatic amines is 1. The van der Waals surface area contributed by atoms with Crippen LogP contribution in [0, 0.1) is 11.7 Å². The third-order valence-electron chi connectivity index (χ3n) is 5.26. The first kappa shape index (κ1) is 21.9. The van der Waals surface area contributed by atoms with E-state index in [1.54, 1.807) is 4.57 Å². The minimum Gasteiger partial charge on any atom is -0.353 e. The van der Waals surface area contributed by atoms with Crippen LogP contribution in [0.2, 0.25) is 0 Å². The van der Waals surface area contributed by atoms with Crippen molar-refractivity contribution in [3.63, 3.8) is 0 Å². The molecule has 0 fully saturated rings. The molecule has 1 amide bonds. The topological polar surface area (TPSA) is 66.0 Å². The first-order valence-electron chi connectivity index (χ1n) is 10.1. The smallest absolute Gasteiger partial charge is 0.240 e. The van der Waals surface area contributed by atoms with E-state index in [0.717, 1.165) is 12.0 Å². The molecule has 0 spiro atoms. The Morgan fingerprint density at radius 3 is 2.43 bits per heavy atom. The Morgan fingerprint density at radius 1 is 1.17 bits per heavy atom. The summed E-state index contributed by atoms with van der Waals surface area (Å²) in [5.74, 6) is 0.562. The van der Waals surface area contributed by atoms with Crippen molar-refractivity contribution in [3.8, 4) is 11.4 Å². The van der Waals surface area contributed by atoms with Crippen molar-refractivity contribution in [1.82, 2.24) is 25.0 Å². The van der Waals surface area contributed by atoms with E-state index in [1.807, 2.05) is 45.3 Å². The molecule has 3 rings (SSSR count). The van der Waals surface area contributed by atoms with Crippen LogP contribution in [-0.2, 0) is 17.8 Å². The lowest BCUT2D eigenvalue weighted by Crippen LogP contribution is -2.36. The Hall–Kier alpha value is -2.77. The Morgan fingerprint density at radius 2 is 1.83 bits per heavy atom. The summed E-state index contributed by atoms with van der Waals surface area (Å²) in [5.41, 5.74) is 4.57. The molecule has 30 heavy (non-hydrogen) atoms. The zero-order chi connectivity index (χ0) is 21.7. The lowest BCUT2D eigenvalue weighted by atomic mass is 10.0. The van der Waals surface area contributed by atoms with E-state index < -0.39 is 0 Å². The largest absolute Gasteiger partial charge is 0.353 e. The molecule has 0 aliphatic rings. The van der Waals surface area contributed by atoms with Gasteiger partial charge in [-0.05, 0) is 50.8 Å². The summed E-state index contributed by atoms with van der Waals surface area (Å²) >= 11 is 5.35. The lowest BCUT2D eigenvalue weighted by molar-refractivity contribution is -0.121. The van der Waals surface area contributed by atoms with Crippen molar-refractivity contribution < 1.29 is 4.79 Å². The highest BCUT2D eigenvalue weighted by Crippen LogP contribution is 2.19. The maximum absolute atomic E-state index is 12.7. The van der Waals surface area contributed by atoms with Crippen LogP contribution in [0.25, 0.3) is 11.4 Å². The number of aromatic nitrogens is 3. The van der Waals surface area contributed by atoms with E-state index in [4.69, 9.17) is 12.2 Å². The van der Waals surface area contributed by atoms with Crippen molar-refractivity contribution >= 4 is 18.1 Å². The van der Waals surface area contributed by atoms with Crippen LogP contribution in [0.1, 0.15) is 29.7 Å². The number of amides is 1. The van der Waals surface area contributed by atoms with E-state index in [0.29, 0.717) is 17.1 Å². The van der Waals surface area contributed by atoms with Gasteiger partial charge in [-0.3, -0.25) is 14.5 Å². The Bertz CT molecular complexity index is 1030. The number of hydrogen-bond acceptors (Lipinski definition) is 4. The van der Waals surface area contributed by atoms with E-state index >= 15 is 0 Å². The molecule has 0 radical (unpaired) electrons. The molecule has 1 atom stereocenters. The Balaban J connectivity index is 1.70. The van der Waals surface area contributed by atoms with Crippen LogP contribution >= 0.6 is 12.2 Å². The number of benzene rings is 2. The monoisotopic (exact) mass is 423 g/mol. The van der Waals surface area contributed by atoms with Crippen LogP contribution in [0.5, 0.6) is 0 Å². The highest BCUT2D eigenvalue weighted by molar-refractivity contribution is 7.71. The molecule has 1 unspecified atom stereocenters. The molecule has 6 nitrogen and oxygen atoms in total. The Labute approximate surface area is 182 Å². The van der Waals surface area contributed by atoms with E-state index in [1.165, 1.54) is 16.7 Å². The summed E-state index contributed by atoms with van der Waals surface area (Å²) in [6, 6.07) is 16.7. The molecule has 2 N–H and O–H groups in total. The fourth-order valence-corrected chi connectivity index (χ4v) is 3.57. The van der Waals surface area contributed by atoms with Crippen LogP contribution in [0.3, 0.4) is 0 Å². The summed E-state index contributed by atoms with van der Waals surface area (Å²) in [7, 11) is 4.04. The number of hydrogen-bond donors (Lipinski definition) is 2. The number of likely N-dealkylation sites (N-methyl/N-ethyl adjacent to an activating group) is 1.